The van der Waals surface area contributed by atoms with Crippen molar-refractivity contribution in [3.05, 3.63) is 48.3 Å². The number of aromatic nitrogens is 3. The third-order valence-corrected chi connectivity index (χ3v) is 4.14. The van der Waals surface area contributed by atoms with E-state index in [0.717, 1.165) is 24.5 Å². The van der Waals surface area contributed by atoms with Crippen molar-refractivity contribution in [3.8, 4) is 0 Å². The molecule has 1 fully saturated rings. The van der Waals surface area contributed by atoms with E-state index in [4.69, 9.17) is 0 Å². The molecule has 0 aliphatic heterocycles. The monoisotopic (exact) mass is 285 g/mol. The van der Waals surface area contributed by atoms with Gasteiger partial charge in [-0.3, -0.25) is 4.98 Å². The predicted octanol–water partition coefficient (Wildman–Crippen LogP) is 2.00. The van der Waals surface area contributed by atoms with Crippen LogP contribution in [0.4, 0.5) is 0 Å². The van der Waals surface area contributed by atoms with E-state index < -0.39 is 0 Å². The molecule has 0 spiro atoms. The zero-order valence-corrected chi connectivity index (χ0v) is 12.3. The molecule has 2 aromatic rings. The van der Waals surface area contributed by atoms with Gasteiger partial charge in [-0.05, 0) is 25.0 Å². The Bertz CT molecular complexity index is 511. The molecule has 0 bridgehead atoms. The van der Waals surface area contributed by atoms with Crippen LogP contribution >= 0.6 is 0 Å². The van der Waals surface area contributed by atoms with Crippen LogP contribution in [0.5, 0.6) is 0 Å². The molecule has 5 heteroatoms. The second-order valence-corrected chi connectivity index (χ2v) is 5.64. The number of pyridine rings is 1. The van der Waals surface area contributed by atoms with Crippen molar-refractivity contribution in [2.45, 2.75) is 50.9 Å². The number of nitrogens with one attached hydrogen (secondary N) is 3. The van der Waals surface area contributed by atoms with E-state index in [1.807, 2.05) is 24.5 Å². The van der Waals surface area contributed by atoms with Crippen LogP contribution in [-0.2, 0) is 13.1 Å². The number of nitrogens with zero attached hydrogens (tertiary/aromatic N) is 2. The standard InChI is InChI=1S/C16H23N5/c1-2-7-16(20-11-14-9-17-12-21-14)15(6-1)19-10-13-5-3-4-8-18-13/h3-5,8-9,12,15-16,19-20H,1-2,6-7,10-11H2,(H,17,21)/t15-,16?/m0/s1. The fourth-order valence-corrected chi connectivity index (χ4v) is 2.98. The third-order valence-electron chi connectivity index (χ3n) is 4.14. The molecule has 0 saturated heterocycles. The van der Waals surface area contributed by atoms with Gasteiger partial charge in [0.2, 0.25) is 0 Å². The van der Waals surface area contributed by atoms with E-state index in [9.17, 15) is 0 Å². The topological polar surface area (TPSA) is 65.6 Å². The lowest BCUT2D eigenvalue weighted by atomic mass is 9.90. The third kappa shape index (κ3) is 4.12. The summed E-state index contributed by atoms with van der Waals surface area (Å²) in [6.07, 6.45) is 10.6. The number of imidazole rings is 1. The summed E-state index contributed by atoms with van der Waals surface area (Å²) in [7, 11) is 0. The number of H-pyrrole nitrogens is 1. The maximum absolute atomic E-state index is 4.38. The summed E-state index contributed by atoms with van der Waals surface area (Å²) in [5.74, 6) is 0. The second kappa shape index (κ2) is 7.33. The average Bonchev–Trinajstić information content (AvgIpc) is 3.06. The Morgan fingerprint density at radius 3 is 2.38 bits per heavy atom. The summed E-state index contributed by atoms with van der Waals surface area (Å²) in [5.41, 5.74) is 2.18. The summed E-state index contributed by atoms with van der Waals surface area (Å²) in [6.45, 7) is 1.67. The van der Waals surface area contributed by atoms with E-state index >= 15 is 0 Å². The first kappa shape index (κ1) is 14.2. The van der Waals surface area contributed by atoms with Crippen molar-refractivity contribution in [1.82, 2.24) is 25.6 Å². The van der Waals surface area contributed by atoms with Gasteiger partial charge in [0.1, 0.15) is 0 Å². The summed E-state index contributed by atoms with van der Waals surface area (Å²) in [6, 6.07) is 7.09. The van der Waals surface area contributed by atoms with E-state index in [0.29, 0.717) is 12.1 Å². The Kier molecular flexibility index (Phi) is 4.97. The lowest BCUT2D eigenvalue weighted by Crippen LogP contribution is -2.49. The molecule has 1 unspecified atom stereocenters. The maximum Gasteiger partial charge on any atom is 0.0923 e. The number of hydrogen-bond acceptors (Lipinski definition) is 4. The molecule has 1 aliphatic carbocycles. The minimum Gasteiger partial charge on any atom is -0.351 e. The highest BCUT2D eigenvalue weighted by Gasteiger charge is 2.24. The van der Waals surface area contributed by atoms with Crippen LogP contribution in [0.15, 0.2) is 36.9 Å². The number of hydrogen-bond donors (Lipinski definition) is 3. The molecule has 21 heavy (non-hydrogen) atoms. The van der Waals surface area contributed by atoms with Gasteiger partial charge in [0.25, 0.3) is 0 Å². The van der Waals surface area contributed by atoms with E-state index in [1.54, 1.807) is 6.33 Å². The lowest BCUT2D eigenvalue weighted by Gasteiger charge is -2.33. The van der Waals surface area contributed by atoms with Crippen LogP contribution in [0.25, 0.3) is 0 Å². The summed E-state index contributed by atoms with van der Waals surface area (Å²) in [4.78, 5) is 11.6. The van der Waals surface area contributed by atoms with Crippen molar-refractivity contribution in [1.29, 1.82) is 0 Å². The fraction of sp³-hybridized carbons (Fsp3) is 0.500. The van der Waals surface area contributed by atoms with E-state index in [2.05, 4.69) is 31.7 Å². The summed E-state index contributed by atoms with van der Waals surface area (Å²) >= 11 is 0. The van der Waals surface area contributed by atoms with Gasteiger partial charge >= 0.3 is 0 Å². The quantitative estimate of drug-likeness (QED) is 0.759. The first-order valence-electron chi connectivity index (χ1n) is 7.76. The van der Waals surface area contributed by atoms with Crippen molar-refractivity contribution in [2.24, 2.45) is 0 Å². The second-order valence-electron chi connectivity index (χ2n) is 5.64. The van der Waals surface area contributed by atoms with Gasteiger partial charge in [-0.1, -0.05) is 18.9 Å². The molecule has 112 valence electrons. The fourth-order valence-electron chi connectivity index (χ4n) is 2.98. The zero-order chi connectivity index (χ0) is 14.3. The van der Waals surface area contributed by atoms with Gasteiger partial charge < -0.3 is 15.6 Å². The van der Waals surface area contributed by atoms with Crippen LogP contribution < -0.4 is 10.6 Å². The molecular formula is C16H23N5. The summed E-state index contributed by atoms with van der Waals surface area (Å²) < 4.78 is 0. The maximum atomic E-state index is 4.38. The van der Waals surface area contributed by atoms with Gasteiger partial charge in [-0.2, -0.15) is 0 Å². The smallest absolute Gasteiger partial charge is 0.0923 e. The van der Waals surface area contributed by atoms with Crippen molar-refractivity contribution >= 4 is 0 Å². The van der Waals surface area contributed by atoms with Gasteiger partial charge in [0.05, 0.1) is 17.7 Å². The van der Waals surface area contributed by atoms with E-state index in [-0.39, 0.29) is 0 Å². The zero-order valence-electron chi connectivity index (χ0n) is 12.3. The van der Waals surface area contributed by atoms with Crippen LogP contribution in [0.1, 0.15) is 37.1 Å². The molecule has 1 aliphatic rings. The van der Waals surface area contributed by atoms with Gasteiger partial charge in [0.15, 0.2) is 0 Å². The minimum absolute atomic E-state index is 0.513. The molecular weight excluding hydrogens is 262 g/mol. The number of aromatic amines is 1. The van der Waals surface area contributed by atoms with Crippen molar-refractivity contribution in [2.75, 3.05) is 0 Å². The highest BCUT2D eigenvalue weighted by molar-refractivity contribution is 5.04. The van der Waals surface area contributed by atoms with Gasteiger partial charge in [0, 0.05) is 37.6 Å². The van der Waals surface area contributed by atoms with Crippen LogP contribution in [0, 0.1) is 0 Å². The minimum atomic E-state index is 0.513. The normalized spacial score (nSPS) is 22.3. The van der Waals surface area contributed by atoms with Crippen molar-refractivity contribution < 1.29 is 0 Å². The molecule has 5 nitrogen and oxygen atoms in total. The highest BCUT2D eigenvalue weighted by atomic mass is 15.0. The van der Waals surface area contributed by atoms with E-state index in [1.165, 1.54) is 25.7 Å². The molecule has 0 amide bonds. The number of rotatable bonds is 6. The van der Waals surface area contributed by atoms with Crippen LogP contribution in [0.3, 0.4) is 0 Å². The first-order chi connectivity index (χ1) is 10.4. The Hall–Kier alpha value is -1.72. The molecule has 1 saturated carbocycles. The molecule has 2 atom stereocenters. The first-order valence-corrected chi connectivity index (χ1v) is 7.76. The van der Waals surface area contributed by atoms with Crippen molar-refractivity contribution in [3.63, 3.8) is 0 Å². The molecule has 0 aromatic carbocycles. The lowest BCUT2D eigenvalue weighted by molar-refractivity contribution is 0.280. The Morgan fingerprint density at radius 2 is 1.76 bits per heavy atom. The largest absolute Gasteiger partial charge is 0.351 e. The predicted molar refractivity (Wildman–Crippen MR) is 82.5 cm³/mol. The molecule has 2 aromatic heterocycles. The summed E-state index contributed by atoms with van der Waals surface area (Å²) in [5, 5.41) is 7.31. The van der Waals surface area contributed by atoms with Crippen LogP contribution in [-0.4, -0.2) is 27.0 Å². The molecule has 3 N–H and O–H groups in total. The Morgan fingerprint density at radius 1 is 1.00 bits per heavy atom. The van der Waals surface area contributed by atoms with Crippen LogP contribution in [0.2, 0.25) is 0 Å². The SMILES string of the molecule is c1ccc(CN[C@H]2CCCCC2NCc2c[nH]cn2)nc1. The highest BCUT2D eigenvalue weighted by Crippen LogP contribution is 2.19. The van der Waals surface area contributed by atoms with Gasteiger partial charge in [-0.25, -0.2) is 4.98 Å². The molecule has 0 radical (unpaired) electrons. The Balaban J connectivity index is 1.51. The molecule has 2 heterocycles. The Labute approximate surface area is 125 Å². The molecule has 3 rings (SSSR count). The average molecular weight is 285 g/mol. The van der Waals surface area contributed by atoms with Gasteiger partial charge in [-0.15, -0.1) is 0 Å².